The Morgan fingerprint density at radius 1 is 1.44 bits per heavy atom. The van der Waals surface area contributed by atoms with E-state index in [0.29, 0.717) is 39.2 Å². The third-order valence-corrected chi connectivity index (χ3v) is 4.97. The summed E-state index contributed by atoms with van der Waals surface area (Å²) in [4.78, 5) is 12.9. The number of hydrogen-bond donors (Lipinski definition) is 1. The van der Waals surface area contributed by atoms with Gasteiger partial charge in [0.25, 0.3) is 0 Å². The zero-order valence-corrected chi connectivity index (χ0v) is 17.2. The van der Waals surface area contributed by atoms with Crippen LogP contribution in [0.2, 0.25) is 0 Å². The third kappa shape index (κ3) is 4.76. The summed E-state index contributed by atoms with van der Waals surface area (Å²) in [5, 5.41) is 12.8. The number of unbranched alkanes of at least 4 members (excludes halogenated alkanes) is 1. The van der Waals surface area contributed by atoms with E-state index >= 15 is 0 Å². The van der Waals surface area contributed by atoms with Crippen LogP contribution in [0.4, 0.5) is 4.39 Å². The average molecular weight is 437 g/mol. The Kier molecular flexibility index (Phi) is 7.57. The van der Waals surface area contributed by atoms with Crippen LogP contribution >= 0.6 is 15.9 Å². The van der Waals surface area contributed by atoms with Crippen LogP contribution in [0.3, 0.4) is 0 Å². The number of nitrogens with one attached hydrogen (secondary N) is 1. The summed E-state index contributed by atoms with van der Waals surface area (Å²) < 4.78 is 24.7. The molecule has 0 aromatic heterocycles. The molecule has 0 radical (unpaired) electrons. The maximum absolute atomic E-state index is 13.6. The summed E-state index contributed by atoms with van der Waals surface area (Å²) in [5.41, 5.74) is 2.46. The lowest BCUT2D eigenvalue weighted by atomic mass is 9.81. The summed E-state index contributed by atoms with van der Waals surface area (Å²) in [6.07, 6.45) is 1.64. The largest absolute Gasteiger partial charge is 0.462 e. The second kappa shape index (κ2) is 9.67. The molecular weight excluding hydrogens is 415 g/mol. The van der Waals surface area contributed by atoms with E-state index < -0.39 is 17.7 Å². The van der Waals surface area contributed by atoms with Crippen molar-refractivity contribution in [3.05, 3.63) is 56.6 Å². The van der Waals surface area contributed by atoms with Crippen molar-refractivity contribution in [1.29, 1.82) is 5.26 Å². The van der Waals surface area contributed by atoms with Crippen molar-refractivity contribution in [2.45, 2.75) is 32.6 Å². The first-order chi connectivity index (χ1) is 12.9. The van der Waals surface area contributed by atoms with Crippen LogP contribution in [0.1, 0.15) is 38.2 Å². The van der Waals surface area contributed by atoms with Gasteiger partial charge in [-0.1, -0.05) is 35.3 Å². The van der Waals surface area contributed by atoms with Gasteiger partial charge in [0.05, 0.1) is 42.0 Å². The molecule has 1 aromatic rings. The molecule has 1 unspecified atom stereocenters. The minimum Gasteiger partial charge on any atom is -0.462 e. The predicted octanol–water partition coefficient (Wildman–Crippen LogP) is 4.32. The van der Waals surface area contributed by atoms with Crippen molar-refractivity contribution in [2.24, 2.45) is 0 Å². The van der Waals surface area contributed by atoms with Crippen LogP contribution in [0.15, 0.2) is 45.2 Å². The number of dihydropyridines is 1. The second-order valence-electron chi connectivity index (χ2n) is 6.19. The molecule has 1 aromatic carbocycles. The Morgan fingerprint density at radius 3 is 2.78 bits per heavy atom. The molecule has 5 nitrogen and oxygen atoms in total. The van der Waals surface area contributed by atoms with E-state index in [4.69, 9.17) is 9.47 Å². The van der Waals surface area contributed by atoms with Gasteiger partial charge in [-0.3, -0.25) is 0 Å². The quantitative estimate of drug-likeness (QED) is 0.508. The standard InChI is InChI=1S/C20H22BrFN2O3/c1-4-5-8-27-20(25)19-17(11-26-3)24-12(2)15(10-23)18(19)14-7-6-13(22)9-16(14)21/h6-7,9,18,24H,4-5,8,11H2,1-3H3. The summed E-state index contributed by atoms with van der Waals surface area (Å²) in [7, 11) is 1.52. The molecule has 2 rings (SSSR count). The zero-order valence-electron chi connectivity index (χ0n) is 15.6. The first-order valence-electron chi connectivity index (χ1n) is 8.66. The molecule has 0 saturated heterocycles. The third-order valence-electron chi connectivity index (χ3n) is 4.28. The molecular formula is C20H22BrFN2O3. The van der Waals surface area contributed by atoms with Crippen molar-refractivity contribution in [2.75, 3.05) is 20.3 Å². The first kappa shape index (κ1) is 21.1. The van der Waals surface area contributed by atoms with Crippen molar-refractivity contribution in [3.63, 3.8) is 0 Å². The van der Waals surface area contributed by atoms with Crippen LogP contribution in [0.25, 0.3) is 0 Å². The molecule has 1 heterocycles. The number of carbonyl (C=O) groups excluding carboxylic acids is 1. The van der Waals surface area contributed by atoms with E-state index in [-0.39, 0.29) is 6.61 Å². The van der Waals surface area contributed by atoms with Gasteiger partial charge in [-0.25, -0.2) is 9.18 Å². The molecule has 0 bridgehead atoms. The van der Waals surface area contributed by atoms with Gasteiger partial charge in [0.15, 0.2) is 0 Å². The van der Waals surface area contributed by atoms with E-state index in [1.165, 1.54) is 19.2 Å². The lowest BCUT2D eigenvalue weighted by molar-refractivity contribution is -0.139. The second-order valence-corrected chi connectivity index (χ2v) is 7.04. The van der Waals surface area contributed by atoms with Gasteiger partial charge in [0.1, 0.15) is 5.82 Å². The Bertz CT molecular complexity index is 827. The lowest BCUT2D eigenvalue weighted by Gasteiger charge is -2.30. The van der Waals surface area contributed by atoms with Crippen LogP contribution in [-0.2, 0) is 14.3 Å². The first-order valence-corrected chi connectivity index (χ1v) is 9.45. The Balaban J connectivity index is 2.60. The van der Waals surface area contributed by atoms with E-state index in [9.17, 15) is 14.4 Å². The van der Waals surface area contributed by atoms with E-state index in [1.54, 1.807) is 13.0 Å². The minimum atomic E-state index is -0.675. The highest BCUT2D eigenvalue weighted by molar-refractivity contribution is 9.10. The van der Waals surface area contributed by atoms with E-state index in [0.717, 1.165) is 12.8 Å². The number of allylic oxidation sites excluding steroid dienone is 2. The number of hydrogen-bond acceptors (Lipinski definition) is 5. The van der Waals surface area contributed by atoms with Crippen LogP contribution in [0, 0.1) is 17.1 Å². The highest BCUT2D eigenvalue weighted by atomic mass is 79.9. The smallest absolute Gasteiger partial charge is 0.336 e. The fourth-order valence-corrected chi connectivity index (χ4v) is 3.56. The van der Waals surface area contributed by atoms with Crippen molar-refractivity contribution < 1.29 is 18.7 Å². The monoisotopic (exact) mass is 436 g/mol. The maximum Gasteiger partial charge on any atom is 0.336 e. The summed E-state index contributed by atoms with van der Waals surface area (Å²) in [6, 6.07) is 6.38. The van der Waals surface area contributed by atoms with Crippen LogP contribution in [-0.4, -0.2) is 26.3 Å². The van der Waals surface area contributed by atoms with Gasteiger partial charge in [-0.05, 0) is 31.0 Å². The Morgan fingerprint density at radius 2 is 2.19 bits per heavy atom. The van der Waals surface area contributed by atoms with Crippen molar-refractivity contribution in [1.82, 2.24) is 5.32 Å². The minimum absolute atomic E-state index is 0.156. The van der Waals surface area contributed by atoms with Gasteiger partial charge in [-0.2, -0.15) is 5.26 Å². The SMILES string of the molecule is CCCCOC(=O)C1=C(COC)NC(C)=C(C#N)C1c1ccc(F)cc1Br. The topological polar surface area (TPSA) is 71.3 Å². The number of carbonyl (C=O) groups is 1. The Labute approximate surface area is 167 Å². The van der Waals surface area contributed by atoms with Gasteiger partial charge < -0.3 is 14.8 Å². The maximum atomic E-state index is 13.6. The number of nitriles is 1. The molecule has 0 fully saturated rings. The number of nitrogens with zero attached hydrogens (tertiary/aromatic N) is 1. The van der Waals surface area contributed by atoms with Gasteiger partial charge in [-0.15, -0.1) is 0 Å². The number of ether oxygens (including phenoxy) is 2. The summed E-state index contributed by atoms with van der Waals surface area (Å²) in [5.74, 6) is -1.60. The van der Waals surface area contributed by atoms with E-state index in [2.05, 4.69) is 27.3 Å². The molecule has 0 saturated carbocycles. The number of halogens is 2. The molecule has 1 atom stereocenters. The molecule has 27 heavy (non-hydrogen) atoms. The lowest BCUT2D eigenvalue weighted by Crippen LogP contribution is -2.32. The van der Waals surface area contributed by atoms with E-state index in [1.807, 2.05) is 6.92 Å². The van der Waals surface area contributed by atoms with Gasteiger partial charge >= 0.3 is 5.97 Å². The number of benzene rings is 1. The fourth-order valence-electron chi connectivity index (χ4n) is 2.98. The molecule has 7 heteroatoms. The fraction of sp³-hybridized carbons (Fsp3) is 0.400. The van der Waals surface area contributed by atoms with Gasteiger partial charge in [0.2, 0.25) is 0 Å². The number of rotatable bonds is 7. The molecule has 144 valence electrons. The van der Waals surface area contributed by atoms with Crippen LogP contribution in [0.5, 0.6) is 0 Å². The normalized spacial score (nSPS) is 16.8. The van der Waals surface area contributed by atoms with Crippen LogP contribution < -0.4 is 5.32 Å². The molecule has 0 spiro atoms. The molecule has 1 N–H and O–H groups in total. The summed E-state index contributed by atoms with van der Waals surface area (Å²) >= 11 is 3.36. The highest BCUT2D eigenvalue weighted by Gasteiger charge is 2.36. The molecule has 0 amide bonds. The number of methoxy groups -OCH3 is 1. The van der Waals surface area contributed by atoms with Crippen molar-refractivity contribution >= 4 is 21.9 Å². The zero-order chi connectivity index (χ0) is 20.0. The molecule has 1 aliphatic rings. The summed E-state index contributed by atoms with van der Waals surface area (Å²) in [6.45, 7) is 4.21. The Hall–Kier alpha value is -2.17. The highest BCUT2D eigenvalue weighted by Crippen LogP contribution is 2.41. The van der Waals surface area contributed by atoms with Gasteiger partial charge in [0, 0.05) is 17.3 Å². The molecule has 0 aliphatic carbocycles. The average Bonchev–Trinajstić information content (AvgIpc) is 2.62. The molecule has 1 aliphatic heterocycles. The predicted molar refractivity (Wildman–Crippen MR) is 103 cm³/mol. The number of esters is 1. The van der Waals surface area contributed by atoms with Crippen molar-refractivity contribution in [3.8, 4) is 6.07 Å².